The molecule has 1 fully saturated rings. The molecule has 1 heterocycles. The van der Waals surface area contributed by atoms with E-state index in [0.717, 1.165) is 0 Å². The van der Waals surface area contributed by atoms with Gasteiger partial charge in [0, 0.05) is 6.42 Å². The Morgan fingerprint density at radius 3 is 2.18 bits per heavy atom. The molecule has 0 aromatic rings. The summed E-state index contributed by atoms with van der Waals surface area (Å²) in [5.74, 6) is 0. The van der Waals surface area contributed by atoms with Crippen LogP contribution in [0.5, 0.6) is 0 Å². The van der Waals surface area contributed by atoms with Crippen molar-refractivity contribution in [3.63, 3.8) is 0 Å². The third kappa shape index (κ3) is 2.39. The van der Waals surface area contributed by atoms with Crippen molar-refractivity contribution in [3.05, 3.63) is 0 Å². The quantitative estimate of drug-likeness (QED) is 0.301. The molecular formula is C6H16N4O. The first-order valence-electron chi connectivity index (χ1n) is 3.81. The van der Waals surface area contributed by atoms with Crippen LogP contribution in [0, 0.1) is 0 Å². The standard InChI is InChI=1S/C6H16N4O/c1-3(11)6-9-4(7)2-5(8)10-6/h3-6,9-11H,2,7-8H2,1H3. The van der Waals surface area contributed by atoms with E-state index >= 15 is 0 Å². The lowest BCUT2D eigenvalue weighted by Gasteiger charge is -2.35. The van der Waals surface area contributed by atoms with E-state index in [0.29, 0.717) is 6.42 Å². The molecule has 0 saturated carbocycles. The highest BCUT2D eigenvalue weighted by molar-refractivity contribution is 4.83. The summed E-state index contributed by atoms with van der Waals surface area (Å²) in [4.78, 5) is 0. The molecule has 1 aliphatic heterocycles. The van der Waals surface area contributed by atoms with Gasteiger partial charge in [-0.2, -0.15) is 0 Å². The van der Waals surface area contributed by atoms with E-state index in [1.54, 1.807) is 6.92 Å². The minimum atomic E-state index is -0.479. The van der Waals surface area contributed by atoms with E-state index in [9.17, 15) is 5.11 Å². The van der Waals surface area contributed by atoms with Crippen LogP contribution >= 0.6 is 0 Å². The Morgan fingerprint density at radius 2 is 1.82 bits per heavy atom. The van der Waals surface area contributed by atoms with Gasteiger partial charge >= 0.3 is 0 Å². The summed E-state index contributed by atoms with van der Waals surface area (Å²) >= 11 is 0. The monoisotopic (exact) mass is 160 g/mol. The van der Waals surface area contributed by atoms with Gasteiger partial charge in [0.2, 0.25) is 0 Å². The highest BCUT2D eigenvalue weighted by Gasteiger charge is 2.25. The molecule has 1 saturated heterocycles. The largest absolute Gasteiger partial charge is 0.390 e. The Morgan fingerprint density at radius 1 is 1.36 bits per heavy atom. The Labute approximate surface area is 66.1 Å². The minimum absolute atomic E-state index is 0.120. The number of hydrogen-bond acceptors (Lipinski definition) is 5. The summed E-state index contributed by atoms with van der Waals surface area (Å²) in [7, 11) is 0. The van der Waals surface area contributed by atoms with Crippen LogP contribution in [0.25, 0.3) is 0 Å². The fraction of sp³-hybridized carbons (Fsp3) is 1.00. The Kier molecular flexibility index (Phi) is 2.80. The summed E-state index contributed by atoms with van der Waals surface area (Å²) in [6.07, 6.45) is -0.221. The first kappa shape index (κ1) is 8.89. The normalized spacial score (nSPS) is 42.0. The Hall–Kier alpha value is -0.200. The lowest BCUT2D eigenvalue weighted by molar-refractivity contribution is 0.0901. The highest BCUT2D eigenvalue weighted by Crippen LogP contribution is 2.00. The van der Waals surface area contributed by atoms with Crippen molar-refractivity contribution in [1.29, 1.82) is 0 Å². The molecule has 66 valence electrons. The molecule has 3 atom stereocenters. The van der Waals surface area contributed by atoms with E-state index in [4.69, 9.17) is 11.5 Å². The average Bonchev–Trinajstić information content (AvgIpc) is 1.85. The molecule has 5 heteroatoms. The molecule has 0 aromatic heterocycles. The van der Waals surface area contributed by atoms with Gasteiger partial charge in [0.25, 0.3) is 0 Å². The number of rotatable bonds is 1. The zero-order valence-corrected chi connectivity index (χ0v) is 6.62. The molecule has 7 N–H and O–H groups in total. The maximum atomic E-state index is 9.18. The van der Waals surface area contributed by atoms with Crippen molar-refractivity contribution in [2.75, 3.05) is 0 Å². The van der Waals surface area contributed by atoms with Gasteiger partial charge in [0.05, 0.1) is 24.6 Å². The average molecular weight is 160 g/mol. The van der Waals surface area contributed by atoms with Crippen molar-refractivity contribution < 1.29 is 5.11 Å². The third-order valence-corrected chi connectivity index (χ3v) is 1.78. The smallest absolute Gasteiger partial charge is 0.0860 e. The zero-order valence-electron chi connectivity index (χ0n) is 6.62. The van der Waals surface area contributed by atoms with Gasteiger partial charge in [-0.3, -0.25) is 10.6 Å². The fourth-order valence-corrected chi connectivity index (χ4v) is 1.20. The van der Waals surface area contributed by atoms with Gasteiger partial charge in [-0.05, 0) is 6.92 Å². The van der Waals surface area contributed by atoms with Crippen LogP contribution < -0.4 is 22.1 Å². The van der Waals surface area contributed by atoms with Gasteiger partial charge in [-0.15, -0.1) is 0 Å². The zero-order chi connectivity index (χ0) is 8.43. The summed E-state index contributed by atoms with van der Waals surface area (Å²) in [5.41, 5.74) is 11.2. The van der Waals surface area contributed by atoms with Gasteiger partial charge in [-0.1, -0.05) is 0 Å². The molecule has 1 rings (SSSR count). The number of hydrogen-bond donors (Lipinski definition) is 5. The van der Waals surface area contributed by atoms with Crippen molar-refractivity contribution in [2.24, 2.45) is 11.5 Å². The molecule has 0 aromatic carbocycles. The van der Waals surface area contributed by atoms with E-state index in [2.05, 4.69) is 10.6 Å². The van der Waals surface area contributed by atoms with Crippen LogP contribution in [-0.2, 0) is 0 Å². The van der Waals surface area contributed by atoms with Gasteiger partial charge in [0.15, 0.2) is 0 Å². The summed E-state index contributed by atoms with van der Waals surface area (Å²) in [6, 6.07) is 0. The number of nitrogens with two attached hydrogens (primary N) is 2. The second kappa shape index (κ2) is 3.46. The molecule has 11 heavy (non-hydrogen) atoms. The molecule has 0 bridgehead atoms. The van der Waals surface area contributed by atoms with E-state index in [1.807, 2.05) is 0 Å². The molecule has 0 radical (unpaired) electrons. The van der Waals surface area contributed by atoms with Crippen LogP contribution in [0.3, 0.4) is 0 Å². The van der Waals surface area contributed by atoms with Crippen molar-refractivity contribution in [3.8, 4) is 0 Å². The second-order valence-electron chi connectivity index (χ2n) is 3.00. The van der Waals surface area contributed by atoms with E-state index < -0.39 is 6.10 Å². The van der Waals surface area contributed by atoms with Crippen LogP contribution in [0.15, 0.2) is 0 Å². The van der Waals surface area contributed by atoms with Crippen LogP contribution in [-0.4, -0.2) is 29.7 Å². The first-order valence-corrected chi connectivity index (χ1v) is 3.81. The minimum Gasteiger partial charge on any atom is -0.390 e. The number of aliphatic hydroxyl groups is 1. The maximum Gasteiger partial charge on any atom is 0.0860 e. The van der Waals surface area contributed by atoms with Gasteiger partial charge in [0.1, 0.15) is 0 Å². The van der Waals surface area contributed by atoms with E-state index in [1.165, 1.54) is 0 Å². The van der Waals surface area contributed by atoms with Crippen molar-refractivity contribution in [2.45, 2.75) is 37.9 Å². The van der Waals surface area contributed by atoms with Crippen molar-refractivity contribution in [1.82, 2.24) is 10.6 Å². The lowest BCUT2D eigenvalue weighted by Crippen LogP contribution is -2.66. The number of aliphatic hydroxyl groups excluding tert-OH is 1. The topological polar surface area (TPSA) is 96.3 Å². The number of nitrogens with one attached hydrogen (secondary N) is 2. The third-order valence-electron chi connectivity index (χ3n) is 1.78. The molecule has 0 aliphatic carbocycles. The summed E-state index contributed by atoms with van der Waals surface area (Å²) in [5, 5.41) is 15.1. The maximum absolute atomic E-state index is 9.18. The molecule has 0 spiro atoms. The first-order chi connectivity index (χ1) is 5.09. The molecule has 5 nitrogen and oxygen atoms in total. The van der Waals surface area contributed by atoms with Crippen LogP contribution in [0.1, 0.15) is 13.3 Å². The summed E-state index contributed by atoms with van der Waals surface area (Å²) in [6.45, 7) is 1.69. The Balaban J connectivity index is 2.43. The van der Waals surface area contributed by atoms with Crippen LogP contribution in [0.2, 0.25) is 0 Å². The van der Waals surface area contributed by atoms with Crippen molar-refractivity contribution >= 4 is 0 Å². The van der Waals surface area contributed by atoms with E-state index in [-0.39, 0.29) is 18.5 Å². The van der Waals surface area contributed by atoms with Gasteiger partial charge < -0.3 is 16.6 Å². The van der Waals surface area contributed by atoms with Crippen LogP contribution in [0.4, 0.5) is 0 Å². The lowest BCUT2D eigenvalue weighted by atomic mass is 10.1. The summed E-state index contributed by atoms with van der Waals surface area (Å²) < 4.78 is 0. The fourth-order valence-electron chi connectivity index (χ4n) is 1.20. The molecule has 1 aliphatic rings. The SMILES string of the molecule is CC(O)C1NC(N)CC(N)N1. The van der Waals surface area contributed by atoms with Gasteiger partial charge in [-0.25, -0.2) is 0 Å². The highest BCUT2D eigenvalue weighted by atomic mass is 16.3. The second-order valence-corrected chi connectivity index (χ2v) is 3.00. The molecular weight excluding hydrogens is 144 g/mol. The predicted octanol–water partition coefficient (Wildman–Crippen LogP) is -2.15. The molecule has 3 unspecified atom stereocenters. The molecule has 0 amide bonds. The predicted molar refractivity (Wildman–Crippen MR) is 42.3 cm³/mol. The Bertz CT molecular complexity index is 120.